The van der Waals surface area contributed by atoms with Gasteiger partial charge in [-0.05, 0) is 42.2 Å². The molecule has 0 atom stereocenters. The molecule has 2 aromatic heterocycles. The lowest BCUT2D eigenvalue weighted by atomic mass is 10.00. The van der Waals surface area contributed by atoms with Gasteiger partial charge in [0.05, 0.1) is 5.52 Å². The van der Waals surface area contributed by atoms with Crippen molar-refractivity contribution >= 4 is 28.8 Å². The Labute approximate surface area is 169 Å². The van der Waals surface area contributed by atoms with Crippen LogP contribution in [0.3, 0.4) is 0 Å². The minimum atomic E-state index is 0.412. The molecule has 5 heteroatoms. The van der Waals surface area contributed by atoms with Crippen LogP contribution in [-0.4, -0.2) is 21.5 Å². The van der Waals surface area contributed by atoms with E-state index in [9.17, 15) is 4.79 Å². The molecule has 0 radical (unpaired) electrons. The van der Waals surface area contributed by atoms with Crippen molar-refractivity contribution < 1.29 is 9.21 Å². The second-order valence-electron chi connectivity index (χ2n) is 6.80. The Morgan fingerprint density at radius 3 is 2.69 bits per heavy atom. The zero-order valence-corrected chi connectivity index (χ0v) is 16.2. The molecule has 0 N–H and O–H groups in total. The van der Waals surface area contributed by atoms with E-state index < -0.39 is 0 Å². The number of carbonyl (C=O) groups is 1. The van der Waals surface area contributed by atoms with Gasteiger partial charge in [0, 0.05) is 28.8 Å². The molecule has 0 amide bonds. The van der Waals surface area contributed by atoms with E-state index in [1.807, 2.05) is 42.5 Å². The fourth-order valence-corrected chi connectivity index (χ4v) is 3.35. The predicted molar refractivity (Wildman–Crippen MR) is 114 cm³/mol. The molecule has 0 bridgehead atoms. The van der Waals surface area contributed by atoms with Crippen molar-refractivity contribution in [1.82, 2.24) is 15.2 Å². The van der Waals surface area contributed by atoms with Gasteiger partial charge < -0.3 is 4.42 Å². The molecule has 4 aromatic rings. The third-order valence-electron chi connectivity index (χ3n) is 4.84. The minimum Gasteiger partial charge on any atom is -0.417 e. The van der Waals surface area contributed by atoms with Crippen LogP contribution in [0.5, 0.6) is 0 Å². The molecule has 0 aliphatic rings. The van der Waals surface area contributed by atoms with E-state index in [2.05, 4.69) is 34.2 Å². The number of hydrogen-bond acceptors (Lipinski definition) is 5. The molecule has 0 unspecified atom stereocenters. The fourth-order valence-electron chi connectivity index (χ4n) is 3.35. The van der Waals surface area contributed by atoms with Crippen LogP contribution in [0.2, 0.25) is 0 Å². The van der Waals surface area contributed by atoms with Crippen molar-refractivity contribution in [2.24, 2.45) is 0 Å². The standard InChI is InChI=1S/C24H21N3O2/c1-2-3-8-18(17-9-5-4-6-10-17)15-22-26-27-24(29-22)21-13-12-19(16-28)23-20(21)11-7-14-25-23/h4-7,9-16H,2-3,8H2,1H3/b18-15+. The summed E-state index contributed by atoms with van der Waals surface area (Å²) in [6.07, 6.45) is 7.58. The number of allylic oxidation sites excluding steroid dienone is 1. The number of aromatic nitrogens is 3. The van der Waals surface area contributed by atoms with Crippen LogP contribution in [-0.2, 0) is 0 Å². The number of hydrogen-bond donors (Lipinski definition) is 0. The van der Waals surface area contributed by atoms with Crippen LogP contribution in [0.25, 0.3) is 34.0 Å². The molecule has 0 saturated carbocycles. The van der Waals surface area contributed by atoms with Gasteiger partial charge in [-0.15, -0.1) is 10.2 Å². The van der Waals surface area contributed by atoms with Crippen molar-refractivity contribution in [1.29, 1.82) is 0 Å². The first-order valence-corrected chi connectivity index (χ1v) is 9.73. The molecular formula is C24H21N3O2. The summed E-state index contributed by atoms with van der Waals surface area (Å²) in [6, 6.07) is 17.5. The first-order valence-electron chi connectivity index (χ1n) is 9.73. The number of pyridine rings is 1. The summed E-state index contributed by atoms with van der Waals surface area (Å²) < 4.78 is 5.97. The summed E-state index contributed by atoms with van der Waals surface area (Å²) in [6.45, 7) is 2.18. The van der Waals surface area contributed by atoms with E-state index in [1.54, 1.807) is 12.3 Å². The Kier molecular flexibility index (Phi) is 5.56. The molecule has 2 heterocycles. The quantitative estimate of drug-likeness (QED) is 0.376. The Morgan fingerprint density at radius 1 is 1.03 bits per heavy atom. The van der Waals surface area contributed by atoms with Crippen LogP contribution in [0.15, 0.2) is 65.2 Å². The van der Waals surface area contributed by atoms with Crippen LogP contribution in [0.4, 0.5) is 0 Å². The van der Waals surface area contributed by atoms with Gasteiger partial charge in [-0.1, -0.05) is 49.7 Å². The smallest absolute Gasteiger partial charge is 0.248 e. The van der Waals surface area contributed by atoms with Crippen molar-refractivity contribution in [2.75, 3.05) is 0 Å². The molecule has 0 aliphatic heterocycles. The normalized spacial score (nSPS) is 11.7. The summed E-state index contributed by atoms with van der Waals surface area (Å²) >= 11 is 0. The molecule has 4 rings (SSSR count). The number of rotatable bonds is 7. The number of benzene rings is 2. The summed E-state index contributed by atoms with van der Waals surface area (Å²) in [5, 5.41) is 9.28. The van der Waals surface area contributed by atoms with Gasteiger partial charge in [-0.25, -0.2) is 0 Å². The molecule has 0 spiro atoms. The number of unbranched alkanes of at least 4 members (excludes halogenated alkanes) is 1. The third-order valence-corrected chi connectivity index (χ3v) is 4.84. The van der Waals surface area contributed by atoms with Gasteiger partial charge in [0.2, 0.25) is 11.8 Å². The van der Waals surface area contributed by atoms with E-state index in [-0.39, 0.29) is 0 Å². The van der Waals surface area contributed by atoms with Gasteiger partial charge in [0.15, 0.2) is 6.29 Å². The summed E-state index contributed by atoms with van der Waals surface area (Å²) in [5.74, 6) is 0.876. The molecule has 0 fully saturated rings. The summed E-state index contributed by atoms with van der Waals surface area (Å²) in [5.41, 5.74) is 4.26. The lowest BCUT2D eigenvalue weighted by Gasteiger charge is -2.06. The monoisotopic (exact) mass is 383 g/mol. The highest BCUT2D eigenvalue weighted by Crippen LogP contribution is 2.30. The highest BCUT2D eigenvalue weighted by atomic mass is 16.4. The topological polar surface area (TPSA) is 68.9 Å². The van der Waals surface area contributed by atoms with Crippen LogP contribution in [0, 0.1) is 0 Å². The van der Waals surface area contributed by atoms with Crippen molar-refractivity contribution in [3.8, 4) is 11.5 Å². The van der Waals surface area contributed by atoms with Gasteiger partial charge in [0.1, 0.15) is 0 Å². The average Bonchev–Trinajstić information content (AvgIpc) is 3.24. The average molecular weight is 383 g/mol. The Morgan fingerprint density at radius 2 is 1.90 bits per heavy atom. The van der Waals surface area contributed by atoms with E-state index in [4.69, 9.17) is 4.42 Å². The number of fused-ring (bicyclic) bond motifs is 1. The predicted octanol–water partition coefficient (Wildman–Crippen LogP) is 5.83. The highest BCUT2D eigenvalue weighted by molar-refractivity contribution is 6.01. The lowest BCUT2D eigenvalue weighted by molar-refractivity contribution is 0.112. The van der Waals surface area contributed by atoms with E-state index in [0.29, 0.717) is 22.9 Å². The van der Waals surface area contributed by atoms with E-state index in [1.165, 1.54) is 5.57 Å². The second-order valence-corrected chi connectivity index (χ2v) is 6.80. The summed E-state index contributed by atoms with van der Waals surface area (Å²) in [7, 11) is 0. The van der Waals surface area contributed by atoms with Crippen LogP contribution >= 0.6 is 0 Å². The zero-order chi connectivity index (χ0) is 20.1. The summed E-state index contributed by atoms with van der Waals surface area (Å²) in [4.78, 5) is 15.6. The van der Waals surface area contributed by atoms with Crippen LogP contribution in [0.1, 0.15) is 48.0 Å². The first-order chi connectivity index (χ1) is 14.3. The number of carbonyl (C=O) groups excluding carboxylic acids is 1. The van der Waals surface area contributed by atoms with Crippen LogP contribution < -0.4 is 0 Å². The lowest BCUT2D eigenvalue weighted by Crippen LogP contribution is -1.90. The Balaban J connectivity index is 1.74. The minimum absolute atomic E-state index is 0.412. The third kappa shape index (κ3) is 3.99. The fraction of sp³-hybridized carbons (Fsp3) is 0.167. The molecule has 0 aliphatic carbocycles. The molecule has 29 heavy (non-hydrogen) atoms. The molecule has 5 nitrogen and oxygen atoms in total. The van der Waals surface area contributed by atoms with Crippen molar-refractivity contribution in [2.45, 2.75) is 26.2 Å². The van der Waals surface area contributed by atoms with Gasteiger partial charge in [0.25, 0.3) is 0 Å². The number of aldehydes is 1. The Bertz CT molecular complexity index is 1160. The molecule has 2 aromatic carbocycles. The largest absolute Gasteiger partial charge is 0.417 e. The maximum absolute atomic E-state index is 11.3. The van der Waals surface area contributed by atoms with Gasteiger partial charge in [-0.2, -0.15) is 0 Å². The maximum atomic E-state index is 11.3. The maximum Gasteiger partial charge on any atom is 0.248 e. The molecular weight excluding hydrogens is 362 g/mol. The van der Waals surface area contributed by atoms with Crippen molar-refractivity contribution in [3.63, 3.8) is 0 Å². The van der Waals surface area contributed by atoms with E-state index in [0.717, 1.165) is 42.1 Å². The van der Waals surface area contributed by atoms with Gasteiger partial charge in [-0.3, -0.25) is 9.78 Å². The first kappa shape index (κ1) is 18.7. The zero-order valence-electron chi connectivity index (χ0n) is 16.2. The molecule has 0 saturated heterocycles. The highest BCUT2D eigenvalue weighted by Gasteiger charge is 2.14. The van der Waals surface area contributed by atoms with Crippen molar-refractivity contribution in [3.05, 3.63) is 77.8 Å². The SMILES string of the molecule is CCCC/C(=C\c1nnc(-c2ccc(C=O)c3ncccc23)o1)c1ccccc1. The number of nitrogens with zero attached hydrogens (tertiary/aromatic N) is 3. The Hall–Kier alpha value is -3.60. The van der Waals surface area contributed by atoms with E-state index >= 15 is 0 Å². The van der Waals surface area contributed by atoms with Gasteiger partial charge >= 0.3 is 0 Å². The second kappa shape index (κ2) is 8.61. The molecule has 144 valence electrons.